The van der Waals surface area contributed by atoms with Crippen LogP contribution in [0.1, 0.15) is 52.2 Å². The maximum absolute atomic E-state index is 6.95. The van der Waals surface area contributed by atoms with Gasteiger partial charge >= 0.3 is 213 Å². The Kier molecular flexibility index (Phi) is 6.91. The van der Waals surface area contributed by atoms with Crippen molar-refractivity contribution in [3.05, 3.63) is 102 Å². The van der Waals surface area contributed by atoms with Crippen LogP contribution in [0.15, 0.2) is 90.9 Å². The molecule has 0 saturated heterocycles. The van der Waals surface area contributed by atoms with Gasteiger partial charge in [0, 0.05) is 0 Å². The molecule has 4 heteroatoms. The first-order chi connectivity index (χ1) is 15.2. The van der Waals surface area contributed by atoms with Gasteiger partial charge in [-0.2, -0.15) is 0 Å². The van der Waals surface area contributed by atoms with E-state index in [0.717, 1.165) is 6.42 Å². The molecule has 0 spiro atoms. The van der Waals surface area contributed by atoms with E-state index in [4.69, 9.17) is 17.2 Å². The minimum absolute atomic E-state index is 0.353. The molecule has 0 fully saturated rings. The summed E-state index contributed by atoms with van der Waals surface area (Å²) < 4.78 is 1.29. The van der Waals surface area contributed by atoms with Crippen molar-refractivity contribution in [1.82, 2.24) is 0 Å². The summed E-state index contributed by atoms with van der Waals surface area (Å²) in [5, 5.41) is 1.37. The van der Waals surface area contributed by atoms with Gasteiger partial charge in [-0.3, -0.25) is 0 Å². The van der Waals surface area contributed by atoms with Crippen LogP contribution in [0.2, 0.25) is 0 Å². The third-order valence-electron chi connectivity index (χ3n) is 7.55. The van der Waals surface area contributed by atoms with Crippen LogP contribution in [0.4, 0.5) is 0 Å². The van der Waals surface area contributed by atoms with Gasteiger partial charge in [0.2, 0.25) is 0 Å². The van der Waals surface area contributed by atoms with Gasteiger partial charge in [0.25, 0.3) is 0 Å². The standard InChI is InChI=1S/C28H31Si.2ClH.Hf/c1-7-22-15-19(4)27(21(22)6)28(23-11-8-10-17(2)14-23)25-16-18(3)20(5)24(25)12-9-13-26(28)29;;;/h8-15,21H,7,29H2,1-6H3;2*1H;/q;;;+2/p-2. The number of hydrogen-bond donors (Lipinski definition) is 0. The zero-order valence-electron chi connectivity index (χ0n) is 19.9. The fourth-order valence-corrected chi connectivity index (χ4v) is 14.1. The van der Waals surface area contributed by atoms with Gasteiger partial charge in [0.05, 0.1) is 0 Å². The van der Waals surface area contributed by atoms with E-state index in [9.17, 15) is 0 Å². The Labute approximate surface area is 211 Å². The average molecular weight is 645 g/mol. The zero-order chi connectivity index (χ0) is 23.4. The zero-order valence-corrected chi connectivity index (χ0v) is 26.4. The van der Waals surface area contributed by atoms with Crippen LogP contribution in [-0.4, -0.2) is 15.0 Å². The summed E-state index contributed by atoms with van der Waals surface area (Å²) in [6.07, 6.45) is 10.3. The van der Waals surface area contributed by atoms with Crippen molar-refractivity contribution in [3.63, 3.8) is 0 Å². The fourth-order valence-electron chi connectivity index (χ4n) is 5.99. The van der Waals surface area contributed by atoms with E-state index in [1.54, 1.807) is 0 Å². The Bertz CT molecular complexity index is 1210. The molecule has 0 bridgehead atoms. The first-order valence-corrected chi connectivity index (χ1v) is 22.7. The van der Waals surface area contributed by atoms with Gasteiger partial charge in [0.1, 0.15) is 0 Å². The van der Waals surface area contributed by atoms with E-state index in [1.807, 2.05) is 9.85 Å². The van der Waals surface area contributed by atoms with E-state index in [1.165, 1.54) is 58.6 Å². The van der Waals surface area contributed by atoms with Crippen LogP contribution in [0.25, 0.3) is 0 Å². The second kappa shape index (κ2) is 9.10. The molecule has 0 saturated carbocycles. The number of fused-ring (bicyclic) bond motifs is 1. The molecule has 32 heavy (non-hydrogen) atoms. The number of allylic oxidation sites excluding steroid dienone is 12. The van der Waals surface area contributed by atoms with Crippen molar-refractivity contribution in [2.75, 3.05) is 0 Å². The van der Waals surface area contributed by atoms with Crippen LogP contribution in [0.3, 0.4) is 0 Å². The van der Waals surface area contributed by atoms with Gasteiger partial charge in [-0.25, -0.2) is 0 Å². The Morgan fingerprint density at radius 3 is 2.41 bits per heavy atom. The molecule has 1 aromatic carbocycles. The first kappa shape index (κ1) is 24.3. The molecule has 2 unspecified atom stereocenters. The Hall–Kier alpha value is -0.803. The summed E-state index contributed by atoms with van der Waals surface area (Å²) >= 11 is -2.97. The summed E-state index contributed by atoms with van der Waals surface area (Å²) in [6.45, 7) is 13.6. The second-order valence-corrected chi connectivity index (χ2v) is 21.4. The van der Waals surface area contributed by atoms with E-state index in [2.05, 4.69) is 90.1 Å². The second-order valence-electron chi connectivity index (χ2n) is 9.24. The van der Waals surface area contributed by atoms with Crippen molar-refractivity contribution in [2.45, 2.75) is 53.4 Å². The molecule has 0 radical (unpaired) electrons. The molecule has 3 aliphatic rings. The van der Waals surface area contributed by atoms with Crippen LogP contribution in [-0.2, 0) is 24.5 Å². The van der Waals surface area contributed by atoms with Crippen molar-refractivity contribution in [1.29, 1.82) is 0 Å². The molecule has 0 N–H and O–H groups in total. The maximum atomic E-state index is 6.95. The van der Waals surface area contributed by atoms with Crippen LogP contribution in [0, 0.1) is 12.8 Å². The predicted molar refractivity (Wildman–Crippen MR) is 141 cm³/mol. The van der Waals surface area contributed by atoms with Gasteiger partial charge in [-0.05, 0) is 0 Å². The normalized spacial score (nSPS) is 25.4. The van der Waals surface area contributed by atoms with E-state index < -0.39 is 19.1 Å². The van der Waals surface area contributed by atoms with Crippen LogP contribution in [0.5, 0.6) is 0 Å². The molecule has 0 aliphatic heterocycles. The van der Waals surface area contributed by atoms with E-state index >= 15 is 0 Å². The Balaban J connectivity index is 2.20. The van der Waals surface area contributed by atoms with Crippen LogP contribution >= 0.6 is 17.2 Å². The molecule has 1 aromatic rings. The number of aryl methyl sites for hydroxylation is 1. The number of hydrogen-bond acceptors (Lipinski definition) is 0. The third kappa shape index (κ3) is 3.52. The van der Waals surface area contributed by atoms with Crippen molar-refractivity contribution >= 4 is 32.2 Å². The van der Waals surface area contributed by atoms with Gasteiger partial charge in [0.15, 0.2) is 0 Å². The predicted octanol–water partition coefficient (Wildman–Crippen LogP) is 7.37. The number of benzene rings is 1. The van der Waals surface area contributed by atoms with E-state index in [-0.39, 0.29) is 5.41 Å². The van der Waals surface area contributed by atoms with E-state index in [0.29, 0.717) is 5.92 Å². The van der Waals surface area contributed by atoms with Gasteiger partial charge in [-0.1, -0.05) is 0 Å². The fraction of sp³-hybridized carbons (Fsp3) is 0.321. The van der Waals surface area contributed by atoms with Crippen LogP contribution < -0.4 is 0 Å². The molecule has 3 aliphatic carbocycles. The first-order valence-electron chi connectivity index (χ1n) is 11.3. The quantitative estimate of drug-likeness (QED) is 0.301. The Morgan fingerprint density at radius 1 is 1.09 bits per heavy atom. The summed E-state index contributed by atoms with van der Waals surface area (Å²) in [4.78, 5) is 0. The molecule has 2 atom stereocenters. The van der Waals surface area contributed by atoms with Crippen molar-refractivity contribution in [2.24, 2.45) is 5.92 Å². The average Bonchev–Trinajstić information content (AvgIpc) is 3.11. The summed E-state index contributed by atoms with van der Waals surface area (Å²) in [5.74, 6) is 0.377. The summed E-state index contributed by atoms with van der Waals surface area (Å²) in [6, 6.07) is 9.09. The topological polar surface area (TPSA) is 0 Å². The molecule has 0 aromatic heterocycles. The summed E-state index contributed by atoms with van der Waals surface area (Å²) in [5.41, 5.74) is 12.0. The molecular weight excluding hydrogens is 614 g/mol. The molecule has 0 nitrogen and oxygen atoms in total. The molecule has 4 rings (SSSR count). The Morgan fingerprint density at radius 2 is 1.81 bits per heavy atom. The minimum atomic E-state index is -2.97. The van der Waals surface area contributed by atoms with Gasteiger partial charge in [-0.15, -0.1) is 0 Å². The number of halogens is 2. The van der Waals surface area contributed by atoms with Crippen molar-refractivity contribution in [3.8, 4) is 0 Å². The third-order valence-corrected chi connectivity index (χ3v) is 15.0. The summed E-state index contributed by atoms with van der Waals surface area (Å²) in [7, 11) is 15.9. The van der Waals surface area contributed by atoms with Gasteiger partial charge < -0.3 is 0 Å². The molecular formula is C28H31Cl2HfSi. The van der Waals surface area contributed by atoms with Crippen molar-refractivity contribution < 1.29 is 19.1 Å². The molecule has 0 amide bonds. The number of rotatable bonds is 4. The monoisotopic (exact) mass is 645 g/mol. The SMILES string of the molecule is CCC1=CC(C)=C(C2(c3cccc(C)c3)C(=[SiH2])C=CC=C3C(C)=C(C)[C]([Hf]([Cl])[Cl])=C32)C1C. The molecule has 165 valence electrons. The molecule has 0 heterocycles.